The van der Waals surface area contributed by atoms with Gasteiger partial charge in [-0.1, -0.05) is 41.4 Å². The fourth-order valence-electron chi connectivity index (χ4n) is 3.00. The van der Waals surface area contributed by atoms with Crippen molar-refractivity contribution in [1.82, 2.24) is 4.90 Å². The number of halogens is 2. The van der Waals surface area contributed by atoms with Gasteiger partial charge in [-0.15, -0.1) is 0 Å². The number of rotatable bonds is 2. The molecule has 0 aliphatic carbocycles. The van der Waals surface area contributed by atoms with E-state index in [2.05, 4.69) is 17.4 Å². The van der Waals surface area contributed by atoms with E-state index < -0.39 is 5.82 Å². The molecule has 1 atom stereocenters. The summed E-state index contributed by atoms with van der Waals surface area (Å²) in [6, 6.07) is 12.3. The smallest absolute Gasteiger partial charge is 0.317 e. The van der Waals surface area contributed by atoms with Crippen LogP contribution < -0.4 is 5.32 Å². The quantitative estimate of drug-likeness (QED) is 0.809. The molecule has 5 heteroatoms. The van der Waals surface area contributed by atoms with Gasteiger partial charge in [-0.3, -0.25) is 0 Å². The molecule has 2 aromatic rings. The summed E-state index contributed by atoms with van der Waals surface area (Å²) in [5.74, 6) is -0.497. The second-order valence-electron chi connectivity index (χ2n) is 5.82. The predicted octanol–water partition coefficient (Wildman–Crippen LogP) is 5.16. The van der Waals surface area contributed by atoms with Crippen molar-refractivity contribution in [2.24, 2.45) is 0 Å². The van der Waals surface area contributed by atoms with Crippen molar-refractivity contribution < 1.29 is 9.18 Å². The highest BCUT2D eigenvalue weighted by atomic mass is 35.5. The van der Waals surface area contributed by atoms with Crippen LogP contribution in [0.25, 0.3) is 0 Å². The fourth-order valence-corrected chi connectivity index (χ4v) is 3.18. The van der Waals surface area contributed by atoms with Gasteiger partial charge in [0, 0.05) is 12.2 Å². The summed E-state index contributed by atoms with van der Waals surface area (Å²) >= 11 is 5.76. The Kier molecular flexibility index (Phi) is 4.53. The lowest BCUT2D eigenvalue weighted by Crippen LogP contribution is -2.34. The largest absolute Gasteiger partial charge is 0.322 e. The van der Waals surface area contributed by atoms with E-state index in [9.17, 15) is 9.18 Å². The number of anilines is 1. The average Bonchev–Trinajstić information content (AvgIpc) is 3.00. The number of hydrogen-bond acceptors (Lipinski definition) is 1. The third-order valence-electron chi connectivity index (χ3n) is 4.11. The highest BCUT2D eigenvalue weighted by molar-refractivity contribution is 6.31. The molecule has 1 saturated heterocycles. The van der Waals surface area contributed by atoms with E-state index >= 15 is 0 Å². The number of benzene rings is 2. The maximum Gasteiger partial charge on any atom is 0.322 e. The molecule has 120 valence electrons. The summed E-state index contributed by atoms with van der Waals surface area (Å²) in [5.41, 5.74) is 2.83. The zero-order valence-corrected chi connectivity index (χ0v) is 13.6. The molecule has 2 aromatic carbocycles. The van der Waals surface area contributed by atoms with Gasteiger partial charge in [0.25, 0.3) is 0 Å². The van der Waals surface area contributed by atoms with Gasteiger partial charge in [0.05, 0.1) is 11.1 Å². The van der Waals surface area contributed by atoms with E-state index in [1.165, 1.54) is 23.8 Å². The number of hydrogen-bond donors (Lipinski definition) is 1. The number of urea groups is 1. The summed E-state index contributed by atoms with van der Waals surface area (Å²) < 4.78 is 13.2. The summed E-state index contributed by atoms with van der Waals surface area (Å²) in [6.07, 6.45) is 1.91. The Balaban J connectivity index is 1.76. The summed E-state index contributed by atoms with van der Waals surface area (Å²) in [4.78, 5) is 14.4. The maximum atomic E-state index is 13.2. The normalized spacial score (nSPS) is 17.3. The van der Waals surface area contributed by atoms with E-state index in [0.717, 1.165) is 18.4 Å². The molecule has 3 nitrogen and oxygen atoms in total. The van der Waals surface area contributed by atoms with Crippen molar-refractivity contribution in [1.29, 1.82) is 0 Å². The molecule has 0 radical (unpaired) electrons. The molecule has 1 fully saturated rings. The number of amides is 2. The number of nitrogens with zero attached hydrogens (tertiary/aromatic N) is 1. The van der Waals surface area contributed by atoms with Crippen molar-refractivity contribution in [2.45, 2.75) is 25.8 Å². The molecule has 0 bridgehead atoms. The van der Waals surface area contributed by atoms with Crippen LogP contribution in [0.4, 0.5) is 14.9 Å². The second kappa shape index (κ2) is 6.59. The van der Waals surface area contributed by atoms with E-state index in [1.807, 2.05) is 24.0 Å². The van der Waals surface area contributed by atoms with Crippen molar-refractivity contribution in [3.63, 3.8) is 0 Å². The Morgan fingerprint density at radius 3 is 2.87 bits per heavy atom. The van der Waals surface area contributed by atoms with Gasteiger partial charge in [-0.25, -0.2) is 9.18 Å². The van der Waals surface area contributed by atoms with Crippen LogP contribution >= 0.6 is 11.6 Å². The SMILES string of the molecule is Cc1cccc([C@@H]2CCCN2C(=O)Nc2ccc(F)c(Cl)c2)c1. The van der Waals surface area contributed by atoms with Crippen molar-refractivity contribution in [2.75, 3.05) is 11.9 Å². The molecule has 0 unspecified atom stereocenters. The van der Waals surface area contributed by atoms with Crippen LogP contribution in [0.15, 0.2) is 42.5 Å². The highest BCUT2D eigenvalue weighted by Crippen LogP contribution is 2.33. The van der Waals surface area contributed by atoms with E-state index in [-0.39, 0.29) is 17.1 Å². The van der Waals surface area contributed by atoms with Crippen LogP contribution in [0, 0.1) is 12.7 Å². The number of likely N-dealkylation sites (tertiary alicyclic amines) is 1. The van der Waals surface area contributed by atoms with Gasteiger partial charge in [-0.05, 0) is 43.5 Å². The van der Waals surface area contributed by atoms with Crippen LogP contribution in [-0.4, -0.2) is 17.5 Å². The summed E-state index contributed by atoms with van der Waals surface area (Å²) in [7, 11) is 0. The molecule has 1 heterocycles. The fraction of sp³-hybridized carbons (Fsp3) is 0.278. The molecular formula is C18H18ClFN2O. The Hall–Kier alpha value is -2.07. The minimum atomic E-state index is -0.497. The van der Waals surface area contributed by atoms with Gasteiger partial charge >= 0.3 is 6.03 Å². The summed E-state index contributed by atoms with van der Waals surface area (Å²) in [5, 5.41) is 2.80. The van der Waals surface area contributed by atoms with Crippen LogP contribution in [0.3, 0.4) is 0 Å². The predicted molar refractivity (Wildman–Crippen MR) is 90.3 cm³/mol. The Bertz CT molecular complexity index is 735. The molecular weight excluding hydrogens is 315 g/mol. The van der Waals surface area contributed by atoms with Gasteiger partial charge in [0.15, 0.2) is 0 Å². The van der Waals surface area contributed by atoms with Crippen molar-refractivity contribution in [3.8, 4) is 0 Å². The second-order valence-corrected chi connectivity index (χ2v) is 6.23. The molecule has 2 amide bonds. The van der Waals surface area contributed by atoms with Crippen molar-refractivity contribution >= 4 is 23.3 Å². The molecule has 0 aromatic heterocycles. The molecule has 1 N–H and O–H groups in total. The first-order valence-electron chi connectivity index (χ1n) is 7.64. The Labute approximate surface area is 140 Å². The topological polar surface area (TPSA) is 32.3 Å². The summed E-state index contributed by atoms with van der Waals surface area (Å²) in [6.45, 7) is 2.75. The first kappa shape index (κ1) is 15.8. The third kappa shape index (κ3) is 3.48. The molecule has 0 saturated carbocycles. The molecule has 1 aliphatic heterocycles. The molecule has 3 rings (SSSR count). The average molecular weight is 333 g/mol. The van der Waals surface area contributed by atoms with Crippen LogP contribution in [0.2, 0.25) is 5.02 Å². The number of nitrogens with one attached hydrogen (secondary N) is 1. The lowest BCUT2D eigenvalue weighted by Gasteiger charge is -2.25. The lowest BCUT2D eigenvalue weighted by atomic mass is 10.0. The van der Waals surface area contributed by atoms with E-state index in [0.29, 0.717) is 12.2 Å². The standard InChI is InChI=1S/C18H18ClFN2O/c1-12-4-2-5-13(10-12)17-6-3-9-22(17)18(23)21-14-7-8-16(20)15(19)11-14/h2,4-5,7-8,10-11,17H,3,6,9H2,1H3,(H,21,23)/t17-/m0/s1. The first-order valence-corrected chi connectivity index (χ1v) is 8.01. The van der Waals surface area contributed by atoms with Gasteiger partial charge in [0.1, 0.15) is 5.82 Å². The third-order valence-corrected chi connectivity index (χ3v) is 4.40. The van der Waals surface area contributed by atoms with E-state index in [1.54, 1.807) is 0 Å². The molecule has 0 spiro atoms. The lowest BCUT2D eigenvalue weighted by molar-refractivity contribution is 0.207. The van der Waals surface area contributed by atoms with Gasteiger partial charge in [0.2, 0.25) is 0 Å². The maximum absolute atomic E-state index is 13.2. The van der Waals surface area contributed by atoms with Gasteiger partial charge in [-0.2, -0.15) is 0 Å². The molecule has 1 aliphatic rings. The van der Waals surface area contributed by atoms with Gasteiger partial charge < -0.3 is 10.2 Å². The zero-order valence-electron chi connectivity index (χ0n) is 12.9. The van der Waals surface area contributed by atoms with Crippen LogP contribution in [0.5, 0.6) is 0 Å². The van der Waals surface area contributed by atoms with Crippen molar-refractivity contribution in [3.05, 3.63) is 64.4 Å². The Morgan fingerprint density at radius 2 is 2.13 bits per heavy atom. The van der Waals surface area contributed by atoms with Crippen LogP contribution in [0.1, 0.15) is 30.0 Å². The monoisotopic (exact) mass is 332 g/mol. The minimum absolute atomic E-state index is 0.000504. The molecule has 23 heavy (non-hydrogen) atoms. The highest BCUT2D eigenvalue weighted by Gasteiger charge is 2.30. The van der Waals surface area contributed by atoms with E-state index in [4.69, 9.17) is 11.6 Å². The minimum Gasteiger partial charge on any atom is -0.317 e. The number of carbonyl (C=O) groups is 1. The first-order chi connectivity index (χ1) is 11.0. The number of carbonyl (C=O) groups excluding carboxylic acids is 1. The zero-order chi connectivity index (χ0) is 16.4. The van der Waals surface area contributed by atoms with Crippen LogP contribution in [-0.2, 0) is 0 Å². The Morgan fingerprint density at radius 1 is 1.30 bits per heavy atom. The number of aryl methyl sites for hydroxylation is 1.